The zero-order valence-corrected chi connectivity index (χ0v) is 28.5. The lowest BCUT2D eigenvalue weighted by atomic mass is 10.0. The number of carbonyl (C=O) groups excluding carboxylic acids is 2. The van der Waals surface area contributed by atoms with Crippen LogP contribution in [-0.4, -0.2) is 57.5 Å². The van der Waals surface area contributed by atoms with Crippen molar-refractivity contribution in [2.75, 3.05) is 24.6 Å². The molecule has 1 atom stereocenters. The second-order valence-corrected chi connectivity index (χ2v) is 13.4. The van der Waals surface area contributed by atoms with Gasteiger partial charge in [0, 0.05) is 24.0 Å². The molecule has 0 bridgehead atoms. The third-order valence-electron chi connectivity index (χ3n) is 7.30. The Labute approximate surface area is 282 Å². The summed E-state index contributed by atoms with van der Waals surface area (Å²) < 4.78 is 40.9. The molecule has 4 rings (SSSR count). The summed E-state index contributed by atoms with van der Waals surface area (Å²) >= 11 is 6.08. The van der Waals surface area contributed by atoms with E-state index in [1.54, 1.807) is 56.5 Å². The number of ether oxygens (including phenoxy) is 2. The molecular weight excluding hydrogens is 638 g/mol. The Hall–Kier alpha value is -4.54. The molecule has 2 amide bonds. The average Bonchev–Trinajstić information content (AvgIpc) is 3.06. The van der Waals surface area contributed by atoms with Gasteiger partial charge in [0.05, 0.1) is 24.3 Å². The third-order valence-corrected chi connectivity index (χ3v) is 9.33. The van der Waals surface area contributed by atoms with Crippen LogP contribution in [0.2, 0.25) is 5.02 Å². The van der Waals surface area contributed by atoms with Gasteiger partial charge in [-0.3, -0.25) is 13.9 Å². The third kappa shape index (κ3) is 9.27. The van der Waals surface area contributed by atoms with Gasteiger partial charge in [-0.05, 0) is 80.4 Å². The topological polar surface area (TPSA) is 105 Å². The fraction of sp³-hybridized carbons (Fsp3) is 0.278. The Morgan fingerprint density at radius 3 is 2.19 bits per heavy atom. The van der Waals surface area contributed by atoms with E-state index in [0.29, 0.717) is 16.3 Å². The minimum Gasteiger partial charge on any atom is -0.497 e. The minimum absolute atomic E-state index is 0.0149. The number of para-hydroxylation sites is 2. The predicted octanol–water partition coefficient (Wildman–Crippen LogP) is 6.11. The van der Waals surface area contributed by atoms with E-state index < -0.39 is 28.5 Å². The highest BCUT2D eigenvalue weighted by Gasteiger charge is 2.35. The Morgan fingerprint density at radius 2 is 1.53 bits per heavy atom. The van der Waals surface area contributed by atoms with E-state index in [4.69, 9.17) is 21.1 Å². The minimum atomic E-state index is -4.32. The summed E-state index contributed by atoms with van der Waals surface area (Å²) in [6.07, 6.45) is 0.203. The molecule has 4 aromatic rings. The zero-order valence-electron chi connectivity index (χ0n) is 26.9. The second kappa shape index (κ2) is 16.3. The van der Waals surface area contributed by atoms with Crippen molar-refractivity contribution in [3.63, 3.8) is 0 Å². The normalized spacial score (nSPS) is 11.9. The van der Waals surface area contributed by atoms with Crippen LogP contribution in [-0.2, 0) is 32.6 Å². The molecule has 0 unspecified atom stereocenters. The van der Waals surface area contributed by atoms with Crippen molar-refractivity contribution in [1.82, 2.24) is 10.2 Å². The van der Waals surface area contributed by atoms with Crippen molar-refractivity contribution in [3.05, 3.63) is 119 Å². The van der Waals surface area contributed by atoms with Crippen LogP contribution in [0.25, 0.3) is 0 Å². The molecule has 4 aromatic carbocycles. The predicted molar refractivity (Wildman–Crippen MR) is 184 cm³/mol. The average molecular weight is 678 g/mol. The van der Waals surface area contributed by atoms with E-state index >= 15 is 0 Å². The molecule has 0 spiro atoms. The van der Waals surface area contributed by atoms with Crippen LogP contribution in [0.4, 0.5) is 5.69 Å². The van der Waals surface area contributed by atoms with E-state index in [2.05, 4.69) is 5.32 Å². The van der Waals surface area contributed by atoms with Crippen molar-refractivity contribution >= 4 is 39.1 Å². The molecule has 9 nitrogen and oxygen atoms in total. The number of benzene rings is 4. The number of anilines is 1. The van der Waals surface area contributed by atoms with Crippen LogP contribution in [0, 0.1) is 0 Å². The van der Waals surface area contributed by atoms with Gasteiger partial charge in [-0.2, -0.15) is 0 Å². The van der Waals surface area contributed by atoms with Crippen LogP contribution in [0.15, 0.2) is 108 Å². The van der Waals surface area contributed by atoms with Crippen LogP contribution in [0.3, 0.4) is 0 Å². The first-order valence-corrected chi connectivity index (χ1v) is 17.1. The number of halogens is 1. The molecule has 0 aliphatic carbocycles. The van der Waals surface area contributed by atoms with Crippen LogP contribution >= 0.6 is 11.6 Å². The summed E-state index contributed by atoms with van der Waals surface area (Å²) in [5.41, 5.74) is 1.73. The number of hydrogen-bond acceptors (Lipinski definition) is 6. The lowest BCUT2D eigenvalue weighted by Crippen LogP contribution is -2.54. The number of amides is 2. The van der Waals surface area contributed by atoms with Gasteiger partial charge in [0.2, 0.25) is 11.8 Å². The van der Waals surface area contributed by atoms with E-state index in [0.717, 1.165) is 9.87 Å². The number of methoxy groups -OCH3 is 1. The maximum absolute atomic E-state index is 14.7. The van der Waals surface area contributed by atoms with Gasteiger partial charge in [0.25, 0.3) is 10.0 Å². The Bertz CT molecular complexity index is 1750. The molecule has 0 aliphatic rings. The smallest absolute Gasteiger partial charge is 0.264 e. The molecular formula is C36H40ClN3O6S. The Morgan fingerprint density at radius 1 is 0.872 bits per heavy atom. The SMILES string of the molecule is CCOc1ccccc1N(CC(=O)N(Cc1cccc(OC)c1)[C@@H](Cc1ccccc1)C(=O)NC(C)C)S(=O)(=O)c1ccc(Cl)cc1. The first-order valence-electron chi connectivity index (χ1n) is 15.3. The van der Waals surface area contributed by atoms with Crippen molar-refractivity contribution in [1.29, 1.82) is 0 Å². The summed E-state index contributed by atoms with van der Waals surface area (Å²) in [5, 5.41) is 3.32. The summed E-state index contributed by atoms with van der Waals surface area (Å²) in [7, 11) is -2.77. The highest BCUT2D eigenvalue weighted by Crippen LogP contribution is 2.33. The Kier molecular flexibility index (Phi) is 12.3. The lowest BCUT2D eigenvalue weighted by Gasteiger charge is -2.34. The van der Waals surface area contributed by atoms with Gasteiger partial charge in [-0.25, -0.2) is 8.42 Å². The molecule has 0 saturated carbocycles. The molecule has 47 heavy (non-hydrogen) atoms. The summed E-state index contributed by atoms with van der Waals surface area (Å²) in [4.78, 5) is 29.9. The summed E-state index contributed by atoms with van der Waals surface area (Å²) in [6, 6.07) is 27.8. The van der Waals surface area contributed by atoms with E-state index in [-0.39, 0.29) is 47.9 Å². The standard InChI is InChI=1S/C36H40ClN3O6S/c1-5-46-34-17-10-9-16-32(34)40(47(43,44)31-20-18-29(37)19-21-31)25-35(41)39(24-28-14-11-15-30(22-28)45-4)33(36(42)38-26(2)3)23-27-12-7-6-8-13-27/h6-22,26,33H,5,23-25H2,1-4H3,(H,38,42)/t33-/m0/s1. The number of carbonyl (C=O) groups is 2. The molecule has 0 aromatic heterocycles. The number of nitrogens with zero attached hydrogens (tertiary/aromatic N) is 2. The van der Waals surface area contributed by atoms with Crippen LogP contribution in [0.1, 0.15) is 31.9 Å². The molecule has 248 valence electrons. The van der Waals surface area contributed by atoms with Gasteiger partial charge in [-0.15, -0.1) is 0 Å². The van der Waals surface area contributed by atoms with Gasteiger partial charge in [0.15, 0.2) is 0 Å². The van der Waals surface area contributed by atoms with Crippen molar-refractivity contribution in [2.24, 2.45) is 0 Å². The van der Waals surface area contributed by atoms with Crippen molar-refractivity contribution in [3.8, 4) is 11.5 Å². The monoisotopic (exact) mass is 677 g/mol. The lowest BCUT2D eigenvalue weighted by molar-refractivity contribution is -0.140. The fourth-order valence-electron chi connectivity index (χ4n) is 5.09. The second-order valence-electron chi connectivity index (χ2n) is 11.1. The van der Waals surface area contributed by atoms with Crippen molar-refractivity contribution < 1.29 is 27.5 Å². The van der Waals surface area contributed by atoms with Gasteiger partial charge in [0.1, 0.15) is 24.1 Å². The van der Waals surface area contributed by atoms with Crippen LogP contribution < -0.4 is 19.1 Å². The zero-order chi connectivity index (χ0) is 34.0. The molecule has 0 aliphatic heterocycles. The van der Waals surface area contributed by atoms with Gasteiger partial charge < -0.3 is 19.7 Å². The van der Waals surface area contributed by atoms with Crippen molar-refractivity contribution in [2.45, 2.75) is 50.7 Å². The van der Waals surface area contributed by atoms with E-state index in [9.17, 15) is 18.0 Å². The number of sulfonamides is 1. The molecule has 0 radical (unpaired) electrons. The fourth-order valence-corrected chi connectivity index (χ4v) is 6.64. The largest absolute Gasteiger partial charge is 0.497 e. The maximum Gasteiger partial charge on any atom is 0.264 e. The quantitative estimate of drug-likeness (QED) is 0.163. The molecule has 11 heteroatoms. The number of nitrogens with one attached hydrogen (secondary N) is 1. The highest BCUT2D eigenvalue weighted by molar-refractivity contribution is 7.92. The molecule has 0 heterocycles. The van der Waals surface area contributed by atoms with Crippen LogP contribution in [0.5, 0.6) is 11.5 Å². The number of hydrogen-bond donors (Lipinski definition) is 1. The van der Waals surface area contributed by atoms with E-state index in [1.165, 1.54) is 29.2 Å². The van der Waals surface area contributed by atoms with Gasteiger partial charge >= 0.3 is 0 Å². The summed E-state index contributed by atoms with van der Waals surface area (Å²) in [5.74, 6) is -0.0739. The summed E-state index contributed by atoms with van der Waals surface area (Å²) in [6.45, 7) is 5.15. The highest BCUT2D eigenvalue weighted by atomic mass is 35.5. The van der Waals surface area contributed by atoms with E-state index in [1.807, 2.05) is 50.2 Å². The molecule has 0 saturated heterocycles. The van der Waals surface area contributed by atoms with Gasteiger partial charge in [-0.1, -0.05) is 66.2 Å². The molecule has 1 N–H and O–H groups in total. The first kappa shape index (κ1) is 35.3. The maximum atomic E-state index is 14.7. The number of rotatable bonds is 15. The Balaban J connectivity index is 1.85. The molecule has 0 fully saturated rings. The first-order chi connectivity index (χ1) is 22.5.